The van der Waals surface area contributed by atoms with Crippen molar-refractivity contribution < 1.29 is 0 Å². The smallest absolute Gasteiger partial charge is 0.0771 e. The molecule has 0 saturated heterocycles. The molecule has 0 aliphatic heterocycles. The molecule has 0 radical (unpaired) electrons. The fraction of sp³-hybridized carbons (Fsp3) is 0.375. The second-order valence-corrected chi connectivity index (χ2v) is 11.2. The zero-order chi connectivity index (χ0) is 12.5. The lowest BCUT2D eigenvalue weighted by molar-refractivity contribution is 1.09. The van der Waals surface area contributed by atoms with Crippen LogP contribution >= 0.6 is 0 Å². The van der Waals surface area contributed by atoms with E-state index in [9.17, 15) is 0 Å². The number of hydrogen-bond donors (Lipinski definition) is 0. The molecule has 1 aromatic carbocycles. The van der Waals surface area contributed by atoms with Gasteiger partial charge in [-0.25, -0.2) is 0 Å². The number of benzene rings is 1. The molecule has 1 aromatic rings. The lowest BCUT2D eigenvalue weighted by atomic mass is 10.0. The van der Waals surface area contributed by atoms with Gasteiger partial charge in [0.05, 0.1) is 8.07 Å². The van der Waals surface area contributed by atoms with E-state index in [0.717, 1.165) is 12.8 Å². The largest absolute Gasteiger partial charge is 0.0812 e. The highest BCUT2D eigenvalue weighted by molar-refractivity contribution is 6.83. The Kier molecular flexibility index (Phi) is 3.39. The van der Waals surface area contributed by atoms with Crippen molar-refractivity contribution in [2.75, 3.05) is 0 Å². The summed E-state index contributed by atoms with van der Waals surface area (Å²) in [5.41, 5.74) is 4.36. The van der Waals surface area contributed by atoms with Crippen LogP contribution in [0.3, 0.4) is 0 Å². The second kappa shape index (κ2) is 4.65. The molecule has 0 heterocycles. The molecule has 0 aromatic heterocycles. The average molecular weight is 242 g/mol. The van der Waals surface area contributed by atoms with Crippen molar-refractivity contribution in [1.82, 2.24) is 0 Å². The van der Waals surface area contributed by atoms with Gasteiger partial charge in [0.1, 0.15) is 0 Å². The van der Waals surface area contributed by atoms with E-state index in [1.54, 1.807) is 10.8 Å². The maximum absolute atomic E-state index is 2.45. The second-order valence-electron chi connectivity index (χ2n) is 6.08. The maximum Gasteiger partial charge on any atom is 0.0771 e. The molecule has 0 atom stereocenters. The maximum atomic E-state index is 2.45. The first-order valence-corrected chi connectivity index (χ1v) is 9.91. The number of rotatable bonds is 3. The summed E-state index contributed by atoms with van der Waals surface area (Å²) < 4.78 is 0. The zero-order valence-electron chi connectivity index (χ0n) is 11.4. The van der Waals surface area contributed by atoms with Crippen LogP contribution < -0.4 is 0 Å². The summed E-state index contributed by atoms with van der Waals surface area (Å²) >= 11 is 0. The molecule has 0 amide bonds. The first-order valence-electron chi connectivity index (χ1n) is 6.41. The topological polar surface area (TPSA) is 0 Å². The molecular formula is C16H22Si. The van der Waals surface area contributed by atoms with Crippen molar-refractivity contribution in [2.45, 2.75) is 39.4 Å². The lowest BCUT2D eigenvalue weighted by Gasteiger charge is -2.15. The van der Waals surface area contributed by atoms with Gasteiger partial charge in [-0.15, -0.1) is 0 Å². The summed E-state index contributed by atoms with van der Waals surface area (Å²) in [7, 11) is -1.11. The third-order valence-corrected chi connectivity index (χ3v) is 5.44. The zero-order valence-corrected chi connectivity index (χ0v) is 12.4. The molecule has 0 N–H and O–H groups in total. The number of hydrogen-bond acceptors (Lipinski definition) is 0. The van der Waals surface area contributed by atoms with Crippen molar-refractivity contribution in [3.05, 3.63) is 58.3 Å². The Hall–Kier alpha value is -1.08. The van der Waals surface area contributed by atoms with Crippen LogP contribution in [0.4, 0.5) is 0 Å². The molecule has 1 aliphatic carbocycles. The Morgan fingerprint density at radius 3 is 2.24 bits per heavy atom. The first kappa shape index (κ1) is 12.4. The van der Waals surface area contributed by atoms with E-state index in [2.05, 4.69) is 63.0 Å². The quantitative estimate of drug-likeness (QED) is 0.676. The van der Waals surface area contributed by atoms with Gasteiger partial charge in [-0.2, -0.15) is 0 Å². The third kappa shape index (κ3) is 3.19. The van der Waals surface area contributed by atoms with Crippen molar-refractivity contribution in [3.63, 3.8) is 0 Å². The summed E-state index contributed by atoms with van der Waals surface area (Å²) in [6.45, 7) is 9.40. The van der Waals surface area contributed by atoms with Crippen LogP contribution in [0.2, 0.25) is 19.6 Å². The van der Waals surface area contributed by atoms with E-state index in [1.807, 2.05) is 0 Å². The van der Waals surface area contributed by atoms with Gasteiger partial charge in [0.2, 0.25) is 0 Å². The van der Waals surface area contributed by atoms with Gasteiger partial charge in [0.25, 0.3) is 0 Å². The van der Waals surface area contributed by atoms with Gasteiger partial charge in [-0.05, 0) is 25.3 Å². The summed E-state index contributed by atoms with van der Waals surface area (Å²) in [5, 5.41) is 1.62. The van der Waals surface area contributed by atoms with Gasteiger partial charge in [0.15, 0.2) is 0 Å². The average Bonchev–Trinajstić information content (AvgIpc) is 2.69. The highest BCUT2D eigenvalue weighted by Crippen LogP contribution is 2.27. The van der Waals surface area contributed by atoms with Crippen molar-refractivity contribution in [3.8, 4) is 0 Å². The standard InChI is InChI=1S/C16H22Si/c1-13-5-7-14(8-6-13)11-15-9-10-16(12-15)17(2,3)4/h5-8,10,12H,9,11H2,1-4H3. The van der Waals surface area contributed by atoms with Crippen LogP contribution in [0.5, 0.6) is 0 Å². The molecule has 0 nitrogen and oxygen atoms in total. The molecule has 0 saturated carbocycles. The molecule has 0 fully saturated rings. The summed E-state index contributed by atoms with van der Waals surface area (Å²) in [6, 6.07) is 8.92. The van der Waals surface area contributed by atoms with E-state index < -0.39 is 8.07 Å². The van der Waals surface area contributed by atoms with Gasteiger partial charge >= 0.3 is 0 Å². The predicted molar refractivity (Wildman–Crippen MR) is 79.0 cm³/mol. The summed E-state index contributed by atoms with van der Waals surface area (Å²) in [4.78, 5) is 0. The van der Waals surface area contributed by atoms with Crippen LogP contribution in [0, 0.1) is 6.92 Å². The Bertz CT molecular complexity index is 455. The van der Waals surface area contributed by atoms with Crippen molar-refractivity contribution >= 4 is 8.07 Å². The van der Waals surface area contributed by atoms with E-state index in [-0.39, 0.29) is 0 Å². The molecule has 0 spiro atoms. The van der Waals surface area contributed by atoms with Crippen LogP contribution in [0.1, 0.15) is 17.5 Å². The Balaban J connectivity index is 2.06. The molecule has 0 unspecified atom stereocenters. The van der Waals surface area contributed by atoms with E-state index in [1.165, 1.54) is 11.1 Å². The van der Waals surface area contributed by atoms with Crippen LogP contribution in [-0.2, 0) is 6.42 Å². The summed E-state index contributed by atoms with van der Waals surface area (Å²) in [5.74, 6) is 0. The molecule has 1 heteroatoms. The van der Waals surface area contributed by atoms with Crippen molar-refractivity contribution in [1.29, 1.82) is 0 Å². The minimum atomic E-state index is -1.11. The van der Waals surface area contributed by atoms with Crippen molar-refractivity contribution in [2.24, 2.45) is 0 Å². The minimum absolute atomic E-state index is 1.11. The minimum Gasteiger partial charge on any atom is -0.0812 e. The fourth-order valence-corrected chi connectivity index (χ4v) is 3.54. The Morgan fingerprint density at radius 2 is 1.71 bits per heavy atom. The monoisotopic (exact) mass is 242 g/mol. The lowest BCUT2D eigenvalue weighted by Crippen LogP contribution is -2.21. The predicted octanol–water partition coefficient (Wildman–Crippen LogP) is 4.67. The Morgan fingerprint density at radius 1 is 1.06 bits per heavy atom. The number of aryl methyl sites for hydroxylation is 1. The molecule has 2 rings (SSSR count). The van der Waals surface area contributed by atoms with E-state index in [4.69, 9.17) is 0 Å². The van der Waals surface area contributed by atoms with Gasteiger partial charge in [0, 0.05) is 0 Å². The normalized spacial score (nSPS) is 15.8. The van der Waals surface area contributed by atoms with Crippen LogP contribution in [0.15, 0.2) is 47.2 Å². The summed E-state index contributed by atoms with van der Waals surface area (Å²) in [6.07, 6.45) is 7.17. The van der Waals surface area contributed by atoms with E-state index in [0.29, 0.717) is 0 Å². The SMILES string of the molecule is Cc1ccc(CC2=CC([Si](C)(C)C)=CC2)cc1. The molecule has 90 valence electrons. The van der Waals surface area contributed by atoms with E-state index >= 15 is 0 Å². The van der Waals surface area contributed by atoms with Crippen LogP contribution in [0.25, 0.3) is 0 Å². The van der Waals surface area contributed by atoms with Gasteiger partial charge in [-0.1, -0.05) is 72.4 Å². The number of allylic oxidation sites excluding steroid dienone is 4. The molecular weight excluding hydrogens is 220 g/mol. The highest BCUT2D eigenvalue weighted by Gasteiger charge is 2.21. The molecule has 17 heavy (non-hydrogen) atoms. The van der Waals surface area contributed by atoms with Crippen LogP contribution in [-0.4, -0.2) is 8.07 Å². The van der Waals surface area contributed by atoms with Gasteiger partial charge < -0.3 is 0 Å². The third-order valence-electron chi connectivity index (χ3n) is 3.36. The molecule has 1 aliphatic rings. The van der Waals surface area contributed by atoms with Gasteiger partial charge in [-0.3, -0.25) is 0 Å². The highest BCUT2D eigenvalue weighted by atomic mass is 28.3. The Labute approximate surface area is 106 Å². The molecule has 0 bridgehead atoms. The first-order chi connectivity index (χ1) is 7.95. The fourth-order valence-electron chi connectivity index (χ4n) is 2.19.